The monoisotopic (exact) mass is 179 g/mol. The van der Waals surface area contributed by atoms with E-state index >= 15 is 0 Å². The fourth-order valence-corrected chi connectivity index (χ4v) is 0.777. The van der Waals surface area contributed by atoms with Crippen molar-refractivity contribution < 1.29 is 5.11 Å². The second-order valence-electron chi connectivity index (χ2n) is 4.00. The van der Waals surface area contributed by atoms with E-state index in [1.54, 1.807) is 0 Å². The normalized spacial score (nSPS) is 15.0. The van der Waals surface area contributed by atoms with Gasteiger partial charge in [-0.2, -0.15) is 0 Å². The number of alkyl halides is 1. The average molecular weight is 180 g/mol. The Balaban J connectivity index is 3.28. The van der Waals surface area contributed by atoms with Gasteiger partial charge in [0.2, 0.25) is 0 Å². The molecule has 0 aliphatic rings. The molecule has 0 saturated heterocycles. The Morgan fingerprint density at radius 3 is 2.36 bits per heavy atom. The van der Waals surface area contributed by atoms with E-state index in [2.05, 4.69) is 26.1 Å². The molecule has 3 heteroatoms. The molecule has 0 aromatic carbocycles. The number of halogens is 1. The van der Waals surface area contributed by atoms with Gasteiger partial charge in [-0.1, -0.05) is 20.8 Å². The van der Waals surface area contributed by atoms with E-state index in [1.165, 1.54) is 0 Å². The molecule has 0 aromatic heterocycles. The number of aliphatic hydroxyl groups is 1. The van der Waals surface area contributed by atoms with Crippen molar-refractivity contribution in [3.05, 3.63) is 0 Å². The van der Waals surface area contributed by atoms with Crippen LogP contribution in [-0.4, -0.2) is 30.2 Å². The molecular weight excluding hydrogens is 162 g/mol. The molecule has 0 spiro atoms. The lowest BCUT2D eigenvalue weighted by Crippen LogP contribution is -2.34. The van der Waals surface area contributed by atoms with Crippen LogP contribution in [0.5, 0.6) is 0 Å². The molecule has 0 bridgehead atoms. The summed E-state index contributed by atoms with van der Waals surface area (Å²) in [6, 6.07) is 0. The molecule has 0 radical (unpaired) electrons. The van der Waals surface area contributed by atoms with Gasteiger partial charge in [0.25, 0.3) is 0 Å². The van der Waals surface area contributed by atoms with Gasteiger partial charge in [0, 0.05) is 19.0 Å². The van der Waals surface area contributed by atoms with E-state index in [-0.39, 0.29) is 5.41 Å². The smallest absolute Gasteiger partial charge is 0.0799 e. The topological polar surface area (TPSA) is 32.3 Å². The summed E-state index contributed by atoms with van der Waals surface area (Å²) in [5.41, 5.74) is 0.270. The number of rotatable bonds is 4. The molecule has 0 aliphatic carbocycles. The first kappa shape index (κ1) is 11.2. The Morgan fingerprint density at radius 2 is 2.00 bits per heavy atom. The Morgan fingerprint density at radius 1 is 1.45 bits per heavy atom. The molecule has 68 valence electrons. The zero-order chi connectivity index (χ0) is 8.91. The summed E-state index contributed by atoms with van der Waals surface area (Å²) < 4.78 is 0. The van der Waals surface area contributed by atoms with E-state index in [9.17, 15) is 0 Å². The van der Waals surface area contributed by atoms with Crippen LogP contribution in [0.1, 0.15) is 20.8 Å². The molecule has 0 aromatic rings. The van der Waals surface area contributed by atoms with Crippen LogP contribution < -0.4 is 5.32 Å². The summed E-state index contributed by atoms with van der Waals surface area (Å²) >= 11 is 5.41. The fraction of sp³-hybridized carbons (Fsp3) is 1.00. The van der Waals surface area contributed by atoms with Crippen molar-refractivity contribution in [1.29, 1.82) is 0 Å². The average Bonchev–Trinajstić information content (AvgIpc) is 1.85. The van der Waals surface area contributed by atoms with Gasteiger partial charge in [-0.05, 0) is 5.41 Å². The molecule has 0 amide bonds. The van der Waals surface area contributed by atoms with Crippen molar-refractivity contribution in [2.45, 2.75) is 26.9 Å². The third kappa shape index (κ3) is 8.11. The van der Waals surface area contributed by atoms with Crippen molar-refractivity contribution in [3.8, 4) is 0 Å². The molecule has 1 atom stereocenters. The van der Waals surface area contributed by atoms with Crippen LogP contribution in [0.2, 0.25) is 0 Å². The maximum absolute atomic E-state index is 9.06. The van der Waals surface area contributed by atoms with Crippen LogP contribution >= 0.6 is 11.6 Å². The summed E-state index contributed by atoms with van der Waals surface area (Å²) in [6.45, 7) is 7.93. The van der Waals surface area contributed by atoms with Crippen molar-refractivity contribution in [2.75, 3.05) is 19.0 Å². The van der Waals surface area contributed by atoms with Gasteiger partial charge in [-0.3, -0.25) is 0 Å². The number of hydrogen-bond donors (Lipinski definition) is 2. The maximum atomic E-state index is 9.06. The zero-order valence-electron chi connectivity index (χ0n) is 7.52. The van der Waals surface area contributed by atoms with Crippen LogP contribution in [0.3, 0.4) is 0 Å². The first-order valence-corrected chi connectivity index (χ1v) is 4.44. The van der Waals surface area contributed by atoms with Crippen molar-refractivity contribution in [2.24, 2.45) is 5.41 Å². The van der Waals surface area contributed by atoms with Crippen molar-refractivity contribution in [1.82, 2.24) is 5.32 Å². The molecule has 0 saturated carbocycles. The van der Waals surface area contributed by atoms with Crippen LogP contribution in [0.25, 0.3) is 0 Å². The summed E-state index contributed by atoms with van der Waals surface area (Å²) in [4.78, 5) is 0. The van der Waals surface area contributed by atoms with E-state index in [4.69, 9.17) is 16.7 Å². The van der Waals surface area contributed by atoms with E-state index in [1.807, 2.05) is 0 Å². The van der Waals surface area contributed by atoms with Gasteiger partial charge in [0.15, 0.2) is 0 Å². The Kier molecular flexibility index (Phi) is 5.06. The van der Waals surface area contributed by atoms with Gasteiger partial charge in [0.05, 0.1) is 6.10 Å². The van der Waals surface area contributed by atoms with E-state index in [0.29, 0.717) is 12.4 Å². The van der Waals surface area contributed by atoms with Crippen LogP contribution in [0.15, 0.2) is 0 Å². The Bertz CT molecular complexity index is 101. The minimum Gasteiger partial charge on any atom is -0.391 e. The third-order valence-electron chi connectivity index (χ3n) is 1.21. The first-order valence-electron chi connectivity index (χ1n) is 3.90. The summed E-state index contributed by atoms with van der Waals surface area (Å²) in [5.74, 6) is 0.303. The number of aliphatic hydroxyl groups excluding tert-OH is 1. The minimum atomic E-state index is -0.418. The molecule has 1 unspecified atom stereocenters. The molecule has 0 fully saturated rings. The van der Waals surface area contributed by atoms with Crippen LogP contribution in [0.4, 0.5) is 0 Å². The van der Waals surface area contributed by atoms with Gasteiger partial charge < -0.3 is 10.4 Å². The predicted molar refractivity (Wildman–Crippen MR) is 49.1 cm³/mol. The van der Waals surface area contributed by atoms with Crippen LogP contribution in [-0.2, 0) is 0 Å². The molecule has 0 rings (SSSR count). The van der Waals surface area contributed by atoms with Crippen molar-refractivity contribution in [3.63, 3.8) is 0 Å². The highest BCUT2D eigenvalue weighted by molar-refractivity contribution is 6.18. The van der Waals surface area contributed by atoms with Gasteiger partial charge in [-0.15, -0.1) is 11.6 Å². The molecule has 0 heterocycles. The van der Waals surface area contributed by atoms with Crippen molar-refractivity contribution >= 4 is 11.6 Å². The highest BCUT2D eigenvalue weighted by Crippen LogP contribution is 2.09. The van der Waals surface area contributed by atoms with Crippen LogP contribution in [0, 0.1) is 5.41 Å². The van der Waals surface area contributed by atoms with E-state index in [0.717, 1.165) is 6.54 Å². The highest BCUT2D eigenvalue weighted by Gasteiger charge is 2.09. The molecule has 11 heavy (non-hydrogen) atoms. The third-order valence-corrected chi connectivity index (χ3v) is 1.57. The predicted octanol–water partition coefficient (Wildman–Crippen LogP) is 1.22. The molecule has 2 nitrogen and oxygen atoms in total. The zero-order valence-corrected chi connectivity index (χ0v) is 8.28. The lowest BCUT2D eigenvalue weighted by Gasteiger charge is -2.19. The lowest BCUT2D eigenvalue weighted by molar-refractivity contribution is 0.189. The molecular formula is C8H18ClNO. The second-order valence-corrected chi connectivity index (χ2v) is 4.31. The summed E-state index contributed by atoms with van der Waals surface area (Å²) in [6.07, 6.45) is -0.418. The summed E-state index contributed by atoms with van der Waals surface area (Å²) in [7, 11) is 0. The Hall–Kier alpha value is 0.210. The molecule has 2 N–H and O–H groups in total. The summed E-state index contributed by atoms with van der Waals surface area (Å²) in [5, 5.41) is 12.2. The Labute approximate surface area is 73.9 Å². The van der Waals surface area contributed by atoms with Gasteiger partial charge in [0.1, 0.15) is 0 Å². The van der Waals surface area contributed by atoms with Gasteiger partial charge >= 0.3 is 0 Å². The number of nitrogens with one attached hydrogen (secondary N) is 1. The fourth-order valence-electron chi connectivity index (χ4n) is 0.668. The standard InChI is InChI=1S/C8H18ClNO/c1-8(2,3)6-10-5-7(11)4-9/h7,10-11H,4-6H2,1-3H3. The minimum absolute atomic E-state index is 0.270. The second kappa shape index (κ2) is 4.96. The number of hydrogen-bond acceptors (Lipinski definition) is 2. The highest BCUT2D eigenvalue weighted by atomic mass is 35.5. The maximum Gasteiger partial charge on any atom is 0.0799 e. The largest absolute Gasteiger partial charge is 0.391 e. The quantitative estimate of drug-likeness (QED) is 0.637. The van der Waals surface area contributed by atoms with Gasteiger partial charge in [-0.25, -0.2) is 0 Å². The first-order chi connectivity index (χ1) is 4.95. The van der Waals surface area contributed by atoms with E-state index < -0.39 is 6.10 Å². The molecule has 0 aliphatic heterocycles. The lowest BCUT2D eigenvalue weighted by atomic mass is 9.97. The SMILES string of the molecule is CC(C)(C)CNCC(O)CCl.